The number of hydrogen-bond donors (Lipinski definition) is 1. The number of aromatic nitrogens is 3. The quantitative estimate of drug-likeness (QED) is 0.493. The van der Waals surface area contributed by atoms with Crippen molar-refractivity contribution in [3.8, 4) is 28.6 Å². The predicted molar refractivity (Wildman–Crippen MR) is 107 cm³/mol. The van der Waals surface area contributed by atoms with Crippen molar-refractivity contribution in [2.75, 3.05) is 21.3 Å². The molecule has 0 radical (unpaired) electrons. The van der Waals surface area contributed by atoms with Crippen molar-refractivity contribution in [2.24, 2.45) is 5.10 Å². The van der Waals surface area contributed by atoms with Gasteiger partial charge in [-0.3, -0.25) is 0 Å². The van der Waals surface area contributed by atoms with E-state index in [-0.39, 0.29) is 0 Å². The average Bonchev–Trinajstić information content (AvgIpc) is 3.06. The molecule has 0 atom stereocenters. The second-order valence-corrected chi connectivity index (χ2v) is 6.20. The number of H-pyrrole nitrogens is 1. The van der Waals surface area contributed by atoms with Crippen LogP contribution in [0.4, 0.5) is 0 Å². The van der Waals surface area contributed by atoms with Gasteiger partial charge in [0.25, 0.3) is 0 Å². The number of methoxy groups -OCH3 is 3. The molecule has 0 unspecified atom stereocenters. The van der Waals surface area contributed by atoms with E-state index in [2.05, 4.69) is 15.3 Å². The van der Waals surface area contributed by atoms with E-state index >= 15 is 0 Å². The maximum atomic E-state index is 5.91. The second kappa shape index (κ2) is 8.24. The number of ether oxygens (including phenoxy) is 3. The van der Waals surface area contributed by atoms with E-state index in [9.17, 15) is 0 Å². The largest absolute Gasteiger partial charge is 0.493 e. The molecule has 0 saturated heterocycles. The van der Waals surface area contributed by atoms with Crippen LogP contribution in [0.3, 0.4) is 0 Å². The zero-order valence-corrected chi connectivity index (χ0v) is 16.5. The van der Waals surface area contributed by atoms with Crippen molar-refractivity contribution in [1.82, 2.24) is 14.9 Å². The zero-order chi connectivity index (χ0) is 19.4. The first-order valence-corrected chi connectivity index (χ1v) is 8.63. The molecule has 1 N–H and O–H groups in total. The third kappa shape index (κ3) is 3.96. The van der Waals surface area contributed by atoms with Gasteiger partial charge in [0.05, 0.1) is 27.5 Å². The van der Waals surface area contributed by atoms with Gasteiger partial charge in [0.1, 0.15) is 0 Å². The summed E-state index contributed by atoms with van der Waals surface area (Å²) in [5.74, 6) is 2.02. The minimum atomic E-state index is 0.351. The molecule has 0 bridgehead atoms. The Morgan fingerprint density at radius 1 is 1.07 bits per heavy atom. The van der Waals surface area contributed by atoms with Gasteiger partial charge in [-0.05, 0) is 42.0 Å². The molecule has 0 aliphatic carbocycles. The molecule has 0 aliphatic rings. The fourth-order valence-corrected chi connectivity index (χ4v) is 2.77. The van der Waals surface area contributed by atoms with Gasteiger partial charge < -0.3 is 14.2 Å². The number of rotatable bonds is 6. The Labute approximate surface area is 166 Å². The zero-order valence-electron chi connectivity index (χ0n) is 14.9. The van der Waals surface area contributed by atoms with Crippen LogP contribution in [0.2, 0.25) is 5.02 Å². The summed E-state index contributed by atoms with van der Waals surface area (Å²) in [5.41, 5.74) is 1.57. The molecule has 0 aliphatic heterocycles. The third-order valence-corrected chi connectivity index (χ3v) is 4.28. The van der Waals surface area contributed by atoms with Gasteiger partial charge in [-0.15, -0.1) is 0 Å². The van der Waals surface area contributed by atoms with Gasteiger partial charge in [-0.25, -0.2) is 5.10 Å². The van der Waals surface area contributed by atoms with E-state index in [1.165, 1.54) is 4.68 Å². The summed E-state index contributed by atoms with van der Waals surface area (Å²) >= 11 is 11.2. The van der Waals surface area contributed by atoms with Gasteiger partial charge in [0.2, 0.25) is 10.5 Å². The van der Waals surface area contributed by atoms with Gasteiger partial charge in [0, 0.05) is 10.6 Å². The van der Waals surface area contributed by atoms with Crippen LogP contribution in [0.5, 0.6) is 17.2 Å². The molecule has 3 aromatic rings. The Kier molecular flexibility index (Phi) is 5.78. The fourth-order valence-electron chi connectivity index (χ4n) is 2.47. The van der Waals surface area contributed by atoms with E-state index in [0.717, 1.165) is 5.56 Å². The lowest BCUT2D eigenvalue weighted by atomic mass is 10.1. The summed E-state index contributed by atoms with van der Waals surface area (Å²) in [6.07, 6.45) is 1.67. The highest BCUT2D eigenvalue weighted by molar-refractivity contribution is 7.71. The first-order valence-electron chi connectivity index (χ1n) is 7.85. The maximum absolute atomic E-state index is 5.91. The fraction of sp³-hybridized carbons (Fsp3) is 0.167. The third-order valence-electron chi connectivity index (χ3n) is 3.77. The number of nitrogens with zero attached hydrogens (tertiary/aromatic N) is 3. The lowest BCUT2D eigenvalue weighted by Crippen LogP contribution is -1.99. The molecule has 1 aromatic heterocycles. The van der Waals surface area contributed by atoms with Crippen LogP contribution < -0.4 is 14.2 Å². The van der Waals surface area contributed by atoms with Crippen LogP contribution in [0, 0.1) is 4.77 Å². The normalized spacial score (nSPS) is 11.0. The standard InChI is InChI=1S/C18H17ClN4O3S/c1-24-14-8-12(9-15(25-2)16(14)26-3)17-21-22-18(27)23(17)20-10-11-4-6-13(19)7-5-11/h4-10H,1-3H3,(H,22,27)/b20-10+. The van der Waals surface area contributed by atoms with E-state index in [1.807, 2.05) is 12.1 Å². The first kappa shape index (κ1) is 18.9. The van der Waals surface area contributed by atoms with Crippen LogP contribution in [-0.2, 0) is 0 Å². The number of aromatic amines is 1. The molecular formula is C18H17ClN4O3S. The van der Waals surface area contributed by atoms with Crippen LogP contribution in [0.1, 0.15) is 5.56 Å². The molecular weight excluding hydrogens is 388 g/mol. The highest BCUT2D eigenvalue weighted by Gasteiger charge is 2.17. The van der Waals surface area contributed by atoms with Crippen LogP contribution >= 0.6 is 23.8 Å². The number of nitrogens with one attached hydrogen (secondary N) is 1. The van der Waals surface area contributed by atoms with Gasteiger partial charge in [0.15, 0.2) is 17.3 Å². The molecule has 7 nitrogen and oxygen atoms in total. The molecule has 1 heterocycles. The topological polar surface area (TPSA) is 73.7 Å². The first-order chi connectivity index (χ1) is 13.1. The predicted octanol–water partition coefficient (Wildman–Crippen LogP) is 4.17. The average molecular weight is 405 g/mol. The highest BCUT2D eigenvalue weighted by Crippen LogP contribution is 2.40. The lowest BCUT2D eigenvalue weighted by molar-refractivity contribution is 0.324. The second-order valence-electron chi connectivity index (χ2n) is 5.37. The summed E-state index contributed by atoms with van der Waals surface area (Å²) in [6, 6.07) is 10.8. The Bertz CT molecular complexity index is 1000. The van der Waals surface area contributed by atoms with Crippen molar-refractivity contribution in [3.63, 3.8) is 0 Å². The molecule has 0 spiro atoms. The Balaban J connectivity index is 2.06. The van der Waals surface area contributed by atoms with Crippen molar-refractivity contribution >= 4 is 30.0 Å². The number of halogens is 1. The number of benzene rings is 2. The van der Waals surface area contributed by atoms with E-state index in [0.29, 0.717) is 38.4 Å². The summed E-state index contributed by atoms with van der Waals surface area (Å²) < 4.78 is 18.0. The van der Waals surface area contributed by atoms with Crippen molar-refractivity contribution in [3.05, 3.63) is 51.8 Å². The minimum Gasteiger partial charge on any atom is -0.493 e. The summed E-state index contributed by atoms with van der Waals surface area (Å²) in [6.45, 7) is 0. The SMILES string of the molecule is COc1cc(-c2n[nH]c(=S)n2/N=C/c2ccc(Cl)cc2)cc(OC)c1OC. The molecule has 9 heteroatoms. The van der Waals surface area contributed by atoms with Crippen molar-refractivity contribution in [1.29, 1.82) is 0 Å². The Morgan fingerprint density at radius 2 is 1.70 bits per heavy atom. The maximum Gasteiger partial charge on any atom is 0.216 e. The highest BCUT2D eigenvalue weighted by atomic mass is 35.5. The number of hydrogen-bond acceptors (Lipinski definition) is 6. The Hall–Kier alpha value is -2.84. The van der Waals surface area contributed by atoms with Crippen LogP contribution in [0.25, 0.3) is 11.4 Å². The van der Waals surface area contributed by atoms with Gasteiger partial charge in [-0.1, -0.05) is 23.7 Å². The molecule has 3 rings (SSSR count). The van der Waals surface area contributed by atoms with E-state index < -0.39 is 0 Å². The van der Waals surface area contributed by atoms with Crippen molar-refractivity contribution < 1.29 is 14.2 Å². The minimum absolute atomic E-state index is 0.351. The monoisotopic (exact) mass is 404 g/mol. The summed E-state index contributed by atoms with van der Waals surface area (Å²) in [4.78, 5) is 0. The summed E-state index contributed by atoms with van der Waals surface area (Å²) in [5, 5.41) is 12.1. The lowest BCUT2D eigenvalue weighted by Gasteiger charge is -2.13. The molecule has 140 valence electrons. The molecule has 27 heavy (non-hydrogen) atoms. The Morgan fingerprint density at radius 3 is 2.26 bits per heavy atom. The summed E-state index contributed by atoms with van der Waals surface area (Å²) in [7, 11) is 4.65. The van der Waals surface area contributed by atoms with Crippen LogP contribution in [-0.4, -0.2) is 42.4 Å². The van der Waals surface area contributed by atoms with Crippen LogP contribution in [0.15, 0.2) is 41.5 Å². The molecule has 0 fully saturated rings. The molecule has 2 aromatic carbocycles. The molecule has 0 amide bonds. The smallest absolute Gasteiger partial charge is 0.216 e. The van der Waals surface area contributed by atoms with E-state index in [1.54, 1.807) is 51.8 Å². The molecule has 0 saturated carbocycles. The van der Waals surface area contributed by atoms with Crippen molar-refractivity contribution in [2.45, 2.75) is 0 Å². The van der Waals surface area contributed by atoms with Gasteiger partial charge >= 0.3 is 0 Å². The van der Waals surface area contributed by atoms with E-state index in [4.69, 9.17) is 38.0 Å². The van der Waals surface area contributed by atoms with Gasteiger partial charge in [-0.2, -0.15) is 14.9 Å².